The van der Waals surface area contributed by atoms with Crippen molar-refractivity contribution in [1.82, 2.24) is 4.98 Å². The molecule has 1 atom stereocenters. The predicted molar refractivity (Wildman–Crippen MR) is 117 cm³/mol. The van der Waals surface area contributed by atoms with E-state index in [0.717, 1.165) is 12.3 Å². The van der Waals surface area contributed by atoms with Gasteiger partial charge in [0.15, 0.2) is 0 Å². The summed E-state index contributed by atoms with van der Waals surface area (Å²) in [4.78, 5) is 8.15. The summed E-state index contributed by atoms with van der Waals surface area (Å²) in [6.07, 6.45) is 8.74. The Kier molecular flexibility index (Phi) is 4.16. The molecule has 0 bridgehead atoms. The van der Waals surface area contributed by atoms with Gasteiger partial charge in [-0.3, -0.25) is 0 Å². The lowest BCUT2D eigenvalue weighted by atomic mass is 9.70. The molecule has 27 heavy (non-hydrogen) atoms. The fraction of sp³-hybridized carbons (Fsp3) is 0.480. The molecule has 0 saturated heterocycles. The van der Waals surface area contributed by atoms with Crippen LogP contribution in [-0.2, 0) is 25.7 Å². The van der Waals surface area contributed by atoms with Crippen LogP contribution >= 0.6 is 11.3 Å². The van der Waals surface area contributed by atoms with Gasteiger partial charge in [0.25, 0.3) is 0 Å². The van der Waals surface area contributed by atoms with E-state index in [-0.39, 0.29) is 0 Å². The Morgan fingerprint density at radius 2 is 1.74 bits per heavy atom. The number of fused-ring (bicyclic) bond motifs is 4. The fourth-order valence-electron chi connectivity index (χ4n) is 5.12. The Balaban J connectivity index is 1.80. The van der Waals surface area contributed by atoms with E-state index < -0.39 is 0 Å². The number of hydrogen-bond acceptors (Lipinski definition) is 2. The average molecular weight is 376 g/mol. The molecule has 2 heteroatoms. The number of aryl methyl sites for hydroxylation is 3. The summed E-state index contributed by atoms with van der Waals surface area (Å²) < 4.78 is 0. The van der Waals surface area contributed by atoms with Crippen molar-refractivity contribution in [3.8, 4) is 11.1 Å². The van der Waals surface area contributed by atoms with Crippen molar-refractivity contribution in [2.45, 2.75) is 65.7 Å². The van der Waals surface area contributed by atoms with Gasteiger partial charge in [0.1, 0.15) is 4.83 Å². The second-order valence-electron chi connectivity index (χ2n) is 9.47. The third kappa shape index (κ3) is 2.93. The van der Waals surface area contributed by atoms with Crippen LogP contribution in [0.25, 0.3) is 21.3 Å². The second kappa shape index (κ2) is 6.44. The molecule has 1 aromatic carbocycles. The van der Waals surface area contributed by atoms with Gasteiger partial charge in [-0.2, -0.15) is 0 Å². The summed E-state index contributed by atoms with van der Waals surface area (Å²) in [7, 11) is 0. The van der Waals surface area contributed by atoms with Crippen LogP contribution in [0, 0.1) is 11.3 Å². The van der Waals surface area contributed by atoms with Crippen molar-refractivity contribution in [3.63, 3.8) is 0 Å². The Hall–Kier alpha value is -1.67. The van der Waals surface area contributed by atoms with Crippen LogP contribution in [-0.4, -0.2) is 4.98 Å². The number of hydrogen-bond donors (Lipinski definition) is 0. The van der Waals surface area contributed by atoms with E-state index in [2.05, 4.69) is 51.1 Å². The lowest BCUT2D eigenvalue weighted by Crippen LogP contribution is -2.27. The number of nitrogens with zero attached hydrogens (tertiary/aromatic N) is 1. The highest BCUT2D eigenvalue weighted by atomic mass is 32.1. The van der Waals surface area contributed by atoms with Crippen molar-refractivity contribution < 1.29 is 0 Å². The minimum atomic E-state index is 0.356. The van der Waals surface area contributed by atoms with Crippen molar-refractivity contribution in [2.24, 2.45) is 11.3 Å². The molecule has 2 aliphatic carbocycles. The van der Waals surface area contributed by atoms with E-state index in [4.69, 9.17) is 4.98 Å². The van der Waals surface area contributed by atoms with Crippen molar-refractivity contribution in [2.75, 3.05) is 0 Å². The number of rotatable bonds is 1. The molecule has 1 nitrogen and oxygen atoms in total. The summed E-state index contributed by atoms with van der Waals surface area (Å²) in [6, 6.07) is 11.1. The number of pyridine rings is 1. The molecular formula is C25H29NS. The van der Waals surface area contributed by atoms with E-state index in [1.54, 1.807) is 16.0 Å². The van der Waals surface area contributed by atoms with Gasteiger partial charge in [-0.05, 0) is 78.5 Å². The minimum Gasteiger partial charge on any atom is -0.242 e. The number of thiophene rings is 1. The molecule has 0 spiro atoms. The van der Waals surface area contributed by atoms with E-state index in [1.165, 1.54) is 65.6 Å². The SMILES string of the molecule is CC(C)(C)[C@H]1CCc2nc3sc4c(c3c(-c3ccccc3)c2C1)CCCC4. The van der Waals surface area contributed by atoms with Crippen molar-refractivity contribution in [1.29, 1.82) is 0 Å². The molecule has 2 heterocycles. The maximum absolute atomic E-state index is 5.24. The third-order valence-electron chi connectivity index (χ3n) is 6.76. The largest absolute Gasteiger partial charge is 0.242 e. The van der Waals surface area contributed by atoms with Gasteiger partial charge in [-0.1, -0.05) is 51.1 Å². The molecule has 5 rings (SSSR count). The van der Waals surface area contributed by atoms with E-state index in [1.807, 2.05) is 11.3 Å². The highest BCUT2D eigenvalue weighted by Gasteiger charge is 2.33. The van der Waals surface area contributed by atoms with Crippen LogP contribution in [0.2, 0.25) is 0 Å². The number of aromatic nitrogens is 1. The topological polar surface area (TPSA) is 12.9 Å². The second-order valence-corrected chi connectivity index (χ2v) is 10.6. The Morgan fingerprint density at radius 1 is 0.963 bits per heavy atom. The molecule has 140 valence electrons. The van der Waals surface area contributed by atoms with Crippen molar-refractivity contribution >= 4 is 21.6 Å². The highest BCUT2D eigenvalue weighted by molar-refractivity contribution is 7.19. The first-order valence-corrected chi connectivity index (χ1v) is 11.4. The van der Waals surface area contributed by atoms with Crippen LogP contribution in [0.3, 0.4) is 0 Å². The first kappa shape index (κ1) is 17.4. The molecule has 0 N–H and O–H groups in total. The van der Waals surface area contributed by atoms with Crippen LogP contribution in [0.4, 0.5) is 0 Å². The van der Waals surface area contributed by atoms with Crippen LogP contribution in [0.5, 0.6) is 0 Å². The summed E-state index contributed by atoms with van der Waals surface area (Å²) in [5.41, 5.74) is 7.81. The highest BCUT2D eigenvalue weighted by Crippen LogP contribution is 2.46. The zero-order valence-electron chi connectivity index (χ0n) is 16.8. The molecule has 0 aliphatic heterocycles. The first-order chi connectivity index (χ1) is 13.0. The number of benzene rings is 1. The molecule has 0 amide bonds. The molecule has 2 aliphatic rings. The Bertz CT molecular complexity index is 991. The van der Waals surface area contributed by atoms with Gasteiger partial charge in [0.2, 0.25) is 0 Å². The molecule has 3 aromatic rings. The van der Waals surface area contributed by atoms with Gasteiger partial charge in [0, 0.05) is 16.0 Å². The quantitative estimate of drug-likeness (QED) is 0.446. The molecule has 0 saturated carbocycles. The van der Waals surface area contributed by atoms with Gasteiger partial charge in [-0.25, -0.2) is 4.98 Å². The van der Waals surface area contributed by atoms with Gasteiger partial charge >= 0.3 is 0 Å². The monoisotopic (exact) mass is 375 g/mol. The zero-order chi connectivity index (χ0) is 18.6. The minimum absolute atomic E-state index is 0.356. The molecule has 0 radical (unpaired) electrons. The van der Waals surface area contributed by atoms with Gasteiger partial charge in [0.05, 0.1) is 0 Å². The van der Waals surface area contributed by atoms with E-state index in [9.17, 15) is 0 Å². The van der Waals surface area contributed by atoms with Crippen LogP contribution in [0.1, 0.15) is 61.7 Å². The van der Waals surface area contributed by atoms with Crippen LogP contribution < -0.4 is 0 Å². The molecular weight excluding hydrogens is 346 g/mol. The summed E-state index contributed by atoms with van der Waals surface area (Å²) in [6.45, 7) is 7.22. The van der Waals surface area contributed by atoms with Gasteiger partial charge < -0.3 is 0 Å². The molecule has 0 unspecified atom stereocenters. The Morgan fingerprint density at radius 3 is 2.52 bits per heavy atom. The Labute approximate surface area is 166 Å². The van der Waals surface area contributed by atoms with Gasteiger partial charge in [-0.15, -0.1) is 11.3 Å². The normalized spacial score (nSPS) is 19.7. The van der Waals surface area contributed by atoms with E-state index >= 15 is 0 Å². The van der Waals surface area contributed by atoms with E-state index in [0.29, 0.717) is 5.41 Å². The summed E-state index contributed by atoms with van der Waals surface area (Å²) in [5.74, 6) is 0.737. The maximum atomic E-state index is 5.24. The summed E-state index contributed by atoms with van der Waals surface area (Å²) in [5, 5.41) is 1.49. The lowest BCUT2D eigenvalue weighted by Gasteiger charge is -2.35. The first-order valence-electron chi connectivity index (χ1n) is 10.5. The maximum Gasteiger partial charge on any atom is 0.124 e. The third-order valence-corrected chi connectivity index (χ3v) is 7.94. The lowest BCUT2D eigenvalue weighted by molar-refractivity contribution is 0.215. The molecule has 0 fully saturated rings. The predicted octanol–water partition coefficient (Wildman–Crippen LogP) is 6.99. The average Bonchev–Trinajstić information content (AvgIpc) is 3.03. The fourth-order valence-corrected chi connectivity index (χ4v) is 6.41. The zero-order valence-corrected chi connectivity index (χ0v) is 17.6. The smallest absolute Gasteiger partial charge is 0.124 e. The van der Waals surface area contributed by atoms with Crippen LogP contribution in [0.15, 0.2) is 30.3 Å². The standard InChI is InChI=1S/C25H29NS/c1-25(2,3)17-13-14-20-19(15-17)22(16-9-5-4-6-10-16)23-18-11-7-8-12-21(18)27-24(23)26-20/h4-6,9-10,17H,7-8,11-15H2,1-3H3/t17-/m0/s1. The molecule has 2 aromatic heterocycles. The summed E-state index contributed by atoms with van der Waals surface area (Å²) >= 11 is 1.98. The van der Waals surface area contributed by atoms with Crippen molar-refractivity contribution in [3.05, 3.63) is 52.0 Å².